The number of benzene rings is 1. The van der Waals surface area contributed by atoms with Crippen LogP contribution in [0.4, 0.5) is 5.69 Å². The van der Waals surface area contributed by atoms with Crippen molar-refractivity contribution in [1.29, 1.82) is 0 Å². The highest BCUT2D eigenvalue weighted by Gasteiger charge is 2.26. The zero-order chi connectivity index (χ0) is 22.1. The van der Waals surface area contributed by atoms with Gasteiger partial charge in [0.15, 0.2) is 5.65 Å². The van der Waals surface area contributed by atoms with Gasteiger partial charge < -0.3 is 14.6 Å². The highest BCUT2D eigenvalue weighted by molar-refractivity contribution is 9.10. The molecule has 1 saturated heterocycles. The van der Waals surface area contributed by atoms with Crippen LogP contribution in [0, 0.1) is 0 Å². The van der Waals surface area contributed by atoms with E-state index < -0.39 is 0 Å². The number of pyridine rings is 2. The molecule has 0 radical (unpaired) electrons. The lowest BCUT2D eigenvalue weighted by Crippen LogP contribution is -2.47. The van der Waals surface area contributed by atoms with Gasteiger partial charge in [0.25, 0.3) is 0 Å². The van der Waals surface area contributed by atoms with Crippen LogP contribution in [0.3, 0.4) is 0 Å². The largest absolute Gasteiger partial charge is 0.497 e. The molecule has 0 spiro atoms. The van der Waals surface area contributed by atoms with Gasteiger partial charge in [0.2, 0.25) is 0 Å². The summed E-state index contributed by atoms with van der Waals surface area (Å²) in [5, 5.41) is 0. The Morgan fingerprint density at radius 2 is 1.81 bits per heavy atom. The first-order chi connectivity index (χ1) is 15.6. The Hall–Kier alpha value is -2.97. The summed E-state index contributed by atoms with van der Waals surface area (Å²) in [5.74, 6) is 1.63. The van der Waals surface area contributed by atoms with E-state index in [-0.39, 0.29) is 0 Å². The Bertz CT molecular complexity index is 1200. The van der Waals surface area contributed by atoms with Crippen molar-refractivity contribution in [2.45, 2.75) is 13.0 Å². The molecule has 7 nitrogen and oxygen atoms in total. The standard InChI is InChI=1S/C24H25BrN6O/c1-16(20-5-3-4-10-26-20)30-11-13-31(14-12-30)22-19(25)15-27-24-21(22)28-23(29-24)17-6-8-18(32-2)9-7-17/h3-10,15-16H,11-14H2,1-2H3,(H,27,28,29). The van der Waals surface area contributed by atoms with Gasteiger partial charge in [0.1, 0.15) is 17.1 Å². The fourth-order valence-electron chi connectivity index (χ4n) is 4.26. The number of nitrogens with zero attached hydrogens (tertiary/aromatic N) is 5. The smallest absolute Gasteiger partial charge is 0.180 e. The third-order valence-corrected chi connectivity index (χ3v) is 6.69. The van der Waals surface area contributed by atoms with Crippen LogP contribution in [-0.4, -0.2) is 58.1 Å². The summed E-state index contributed by atoms with van der Waals surface area (Å²) in [6, 6.07) is 14.3. The Balaban J connectivity index is 1.39. The monoisotopic (exact) mass is 492 g/mol. The molecule has 3 aromatic heterocycles. The number of ether oxygens (including phenoxy) is 1. The van der Waals surface area contributed by atoms with Gasteiger partial charge in [0, 0.05) is 50.2 Å². The summed E-state index contributed by atoms with van der Waals surface area (Å²) in [4.78, 5) is 22.2. The number of hydrogen-bond donors (Lipinski definition) is 1. The number of aromatic amines is 1. The molecule has 1 aromatic carbocycles. The van der Waals surface area contributed by atoms with Crippen LogP contribution in [0.1, 0.15) is 18.7 Å². The second-order valence-corrected chi connectivity index (χ2v) is 8.78. The lowest BCUT2D eigenvalue weighted by molar-refractivity contribution is 0.195. The minimum atomic E-state index is 0.299. The van der Waals surface area contributed by atoms with Crippen molar-refractivity contribution in [1.82, 2.24) is 24.8 Å². The molecule has 0 saturated carbocycles. The van der Waals surface area contributed by atoms with Crippen molar-refractivity contribution in [2.24, 2.45) is 0 Å². The number of halogens is 1. The minimum absolute atomic E-state index is 0.299. The fourth-order valence-corrected chi connectivity index (χ4v) is 4.81. The van der Waals surface area contributed by atoms with E-state index in [4.69, 9.17) is 9.72 Å². The maximum Gasteiger partial charge on any atom is 0.180 e. The first kappa shape index (κ1) is 20.9. The van der Waals surface area contributed by atoms with Crippen LogP contribution in [-0.2, 0) is 0 Å². The van der Waals surface area contributed by atoms with Crippen LogP contribution in [0.25, 0.3) is 22.6 Å². The number of imidazole rings is 1. The molecule has 0 bridgehead atoms. The molecule has 1 fully saturated rings. The number of piperazine rings is 1. The summed E-state index contributed by atoms with van der Waals surface area (Å²) in [6.45, 7) is 6.01. The van der Waals surface area contributed by atoms with Crippen molar-refractivity contribution in [2.75, 3.05) is 38.2 Å². The normalized spacial score (nSPS) is 15.8. The summed E-state index contributed by atoms with van der Waals surface area (Å²) >= 11 is 3.73. The van der Waals surface area contributed by atoms with Gasteiger partial charge >= 0.3 is 0 Å². The number of aromatic nitrogens is 4. The SMILES string of the molecule is COc1ccc(-c2nc3ncc(Br)c(N4CCN(C(C)c5ccccn5)CC4)c3[nH]2)cc1. The molecule has 32 heavy (non-hydrogen) atoms. The van der Waals surface area contributed by atoms with E-state index in [1.165, 1.54) is 0 Å². The van der Waals surface area contributed by atoms with E-state index in [0.717, 1.165) is 70.3 Å². The van der Waals surface area contributed by atoms with Gasteiger partial charge in [-0.15, -0.1) is 0 Å². The zero-order valence-electron chi connectivity index (χ0n) is 18.1. The second kappa shape index (κ2) is 8.88. The van der Waals surface area contributed by atoms with Crippen molar-refractivity contribution in [3.63, 3.8) is 0 Å². The summed E-state index contributed by atoms with van der Waals surface area (Å²) in [6.07, 6.45) is 3.71. The van der Waals surface area contributed by atoms with Crippen molar-refractivity contribution < 1.29 is 4.74 Å². The van der Waals surface area contributed by atoms with Gasteiger partial charge in [-0.25, -0.2) is 9.97 Å². The van der Waals surface area contributed by atoms with Crippen molar-refractivity contribution >= 4 is 32.8 Å². The molecule has 1 aliphatic rings. The van der Waals surface area contributed by atoms with Crippen LogP contribution in [0.2, 0.25) is 0 Å². The van der Waals surface area contributed by atoms with E-state index in [1.807, 2.05) is 42.7 Å². The molecule has 8 heteroatoms. The minimum Gasteiger partial charge on any atom is -0.497 e. The molecule has 4 aromatic rings. The van der Waals surface area contributed by atoms with Crippen LogP contribution < -0.4 is 9.64 Å². The number of hydrogen-bond acceptors (Lipinski definition) is 6. The van der Waals surface area contributed by atoms with Gasteiger partial charge in [-0.05, 0) is 59.3 Å². The molecule has 0 aliphatic carbocycles. The first-order valence-corrected chi connectivity index (χ1v) is 11.5. The van der Waals surface area contributed by atoms with E-state index in [2.05, 4.69) is 59.7 Å². The number of H-pyrrole nitrogens is 1. The molecule has 1 N–H and O–H groups in total. The predicted octanol–water partition coefficient (Wildman–Crippen LogP) is 4.67. The molecule has 1 atom stereocenters. The predicted molar refractivity (Wildman–Crippen MR) is 130 cm³/mol. The molecular formula is C24H25BrN6O. The molecule has 0 amide bonds. The molecular weight excluding hydrogens is 468 g/mol. The van der Waals surface area contributed by atoms with Crippen molar-refractivity contribution in [3.8, 4) is 17.1 Å². The van der Waals surface area contributed by atoms with Crippen LogP contribution in [0.15, 0.2) is 59.3 Å². The third-order valence-electron chi connectivity index (χ3n) is 6.11. The maximum absolute atomic E-state index is 5.27. The van der Waals surface area contributed by atoms with Gasteiger partial charge in [-0.1, -0.05) is 6.07 Å². The summed E-state index contributed by atoms with van der Waals surface area (Å²) in [7, 11) is 1.67. The quantitative estimate of drug-likeness (QED) is 0.436. The van der Waals surface area contributed by atoms with Crippen LogP contribution >= 0.6 is 15.9 Å². The average Bonchev–Trinajstić information content (AvgIpc) is 3.28. The number of anilines is 1. The highest BCUT2D eigenvalue weighted by atomic mass is 79.9. The Morgan fingerprint density at radius 1 is 1.03 bits per heavy atom. The van der Waals surface area contributed by atoms with Crippen LogP contribution in [0.5, 0.6) is 5.75 Å². The van der Waals surface area contributed by atoms with Crippen molar-refractivity contribution in [3.05, 3.63) is 65.0 Å². The maximum atomic E-state index is 5.27. The Kier molecular flexibility index (Phi) is 5.80. The van der Waals surface area contributed by atoms with Gasteiger partial charge in [-0.2, -0.15) is 0 Å². The van der Waals surface area contributed by atoms with Gasteiger partial charge in [0.05, 0.1) is 23.0 Å². The fraction of sp³-hybridized carbons (Fsp3) is 0.292. The molecule has 5 rings (SSSR count). The number of fused-ring (bicyclic) bond motifs is 1. The molecule has 1 aliphatic heterocycles. The Labute approximate surface area is 195 Å². The number of nitrogens with one attached hydrogen (secondary N) is 1. The second-order valence-electron chi connectivity index (χ2n) is 7.92. The average molecular weight is 493 g/mol. The first-order valence-electron chi connectivity index (χ1n) is 10.7. The summed E-state index contributed by atoms with van der Waals surface area (Å²) in [5.41, 5.74) is 4.91. The van der Waals surface area contributed by atoms with Gasteiger partial charge in [-0.3, -0.25) is 9.88 Å². The Morgan fingerprint density at radius 3 is 2.50 bits per heavy atom. The highest BCUT2D eigenvalue weighted by Crippen LogP contribution is 2.35. The lowest BCUT2D eigenvalue weighted by atomic mass is 10.1. The molecule has 4 heterocycles. The zero-order valence-corrected chi connectivity index (χ0v) is 19.7. The number of methoxy groups -OCH3 is 1. The van der Waals surface area contributed by atoms with E-state index in [1.54, 1.807) is 7.11 Å². The number of rotatable bonds is 5. The lowest BCUT2D eigenvalue weighted by Gasteiger charge is -2.39. The third kappa shape index (κ3) is 3.96. The topological polar surface area (TPSA) is 70.2 Å². The molecule has 1 unspecified atom stereocenters. The van der Waals surface area contributed by atoms with E-state index in [0.29, 0.717) is 6.04 Å². The van der Waals surface area contributed by atoms with E-state index >= 15 is 0 Å². The molecule has 164 valence electrons. The summed E-state index contributed by atoms with van der Waals surface area (Å²) < 4.78 is 6.24. The van der Waals surface area contributed by atoms with E-state index in [9.17, 15) is 0 Å².